The van der Waals surface area contributed by atoms with E-state index in [0.717, 1.165) is 12.0 Å². The highest BCUT2D eigenvalue weighted by Crippen LogP contribution is 2.21. The fourth-order valence-electron chi connectivity index (χ4n) is 2.43. The number of benzene rings is 2. The molecule has 2 aromatic rings. The van der Waals surface area contributed by atoms with E-state index in [2.05, 4.69) is 10.3 Å². The van der Waals surface area contributed by atoms with E-state index in [-0.39, 0.29) is 23.8 Å². The largest absolute Gasteiger partial charge is 0.423 e. The van der Waals surface area contributed by atoms with Gasteiger partial charge >= 0.3 is 5.97 Å². The zero-order valence-corrected chi connectivity index (χ0v) is 16.3. The molecular weight excluding hydrogens is 356 g/mol. The zero-order chi connectivity index (χ0) is 20.7. The number of guanidine groups is 1. The minimum absolute atomic E-state index is 0.0278. The minimum Gasteiger partial charge on any atom is -0.423 e. The topological polar surface area (TPSA) is 120 Å². The van der Waals surface area contributed by atoms with Gasteiger partial charge in [0.25, 0.3) is 0 Å². The number of hydrogen-bond donors (Lipinski definition) is 3. The first-order valence-corrected chi connectivity index (χ1v) is 9.12. The SMILES string of the molecule is CCC(C)NC(=O)C(C)c1ccc(OC(=O)c2ccc(N=C(N)N)cc2)cc1. The van der Waals surface area contributed by atoms with Gasteiger partial charge in [-0.2, -0.15) is 0 Å². The fourth-order valence-corrected chi connectivity index (χ4v) is 2.43. The van der Waals surface area contributed by atoms with Crippen LogP contribution in [0.3, 0.4) is 0 Å². The molecular formula is C21H26N4O3. The fraction of sp³-hybridized carbons (Fsp3) is 0.286. The van der Waals surface area contributed by atoms with Crippen molar-refractivity contribution in [1.82, 2.24) is 5.32 Å². The molecule has 0 aliphatic carbocycles. The summed E-state index contributed by atoms with van der Waals surface area (Å²) in [4.78, 5) is 28.4. The third-order valence-corrected chi connectivity index (χ3v) is 4.35. The molecule has 1 amide bonds. The molecule has 0 aliphatic rings. The summed E-state index contributed by atoms with van der Waals surface area (Å²) in [6.07, 6.45) is 0.875. The van der Waals surface area contributed by atoms with Crippen LogP contribution in [0.15, 0.2) is 53.5 Å². The van der Waals surface area contributed by atoms with Gasteiger partial charge in [-0.1, -0.05) is 19.1 Å². The Morgan fingerprint density at radius 3 is 2.18 bits per heavy atom. The van der Waals surface area contributed by atoms with Crippen molar-refractivity contribution in [3.8, 4) is 5.75 Å². The number of nitrogens with zero attached hydrogens (tertiary/aromatic N) is 1. The first kappa shape index (κ1) is 21.0. The molecule has 28 heavy (non-hydrogen) atoms. The maximum atomic E-state index is 12.3. The van der Waals surface area contributed by atoms with Gasteiger partial charge in [0.1, 0.15) is 5.75 Å². The van der Waals surface area contributed by atoms with Crippen molar-refractivity contribution >= 4 is 23.5 Å². The highest BCUT2D eigenvalue weighted by Gasteiger charge is 2.17. The number of nitrogens with two attached hydrogens (primary N) is 2. The summed E-state index contributed by atoms with van der Waals surface area (Å²) in [5.74, 6) is -0.465. The normalized spacial score (nSPS) is 12.5. The molecule has 2 atom stereocenters. The van der Waals surface area contributed by atoms with Gasteiger partial charge < -0.3 is 21.5 Å². The molecule has 0 radical (unpaired) electrons. The van der Waals surface area contributed by atoms with Gasteiger partial charge in [-0.15, -0.1) is 0 Å². The lowest BCUT2D eigenvalue weighted by atomic mass is 10.00. The van der Waals surface area contributed by atoms with E-state index in [0.29, 0.717) is 17.0 Å². The molecule has 0 saturated carbocycles. The number of carbonyl (C=O) groups is 2. The third-order valence-electron chi connectivity index (χ3n) is 4.35. The van der Waals surface area contributed by atoms with Crippen molar-refractivity contribution in [2.75, 3.05) is 0 Å². The van der Waals surface area contributed by atoms with Crippen LogP contribution < -0.4 is 21.5 Å². The Hall–Kier alpha value is -3.35. The van der Waals surface area contributed by atoms with E-state index in [1.165, 1.54) is 0 Å². The lowest BCUT2D eigenvalue weighted by Crippen LogP contribution is -2.35. The van der Waals surface area contributed by atoms with Crippen LogP contribution in [0.25, 0.3) is 0 Å². The summed E-state index contributed by atoms with van der Waals surface area (Å²) in [5.41, 5.74) is 12.4. The molecule has 7 heteroatoms. The van der Waals surface area contributed by atoms with Crippen LogP contribution in [-0.2, 0) is 4.79 Å². The Labute approximate surface area is 164 Å². The molecule has 7 nitrogen and oxygen atoms in total. The number of nitrogens with one attached hydrogen (secondary N) is 1. The average Bonchev–Trinajstić information content (AvgIpc) is 2.67. The van der Waals surface area contributed by atoms with Gasteiger partial charge in [-0.3, -0.25) is 4.79 Å². The van der Waals surface area contributed by atoms with Gasteiger partial charge in [-0.05, 0) is 62.2 Å². The molecule has 0 aliphatic heterocycles. The quantitative estimate of drug-likeness (QED) is 0.294. The van der Waals surface area contributed by atoms with Crippen molar-refractivity contribution in [2.45, 2.75) is 39.2 Å². The minimum atomic E-state index is -0.494. The molecule has 0 saturated heterocycles. The molecule has 2 unspecified atom stereocenters. The van der Waals surface area contributed by atoms with E-state index in [1.54, 1.807) is 48.5 Å². The van der Waals surface area contributed by atoms with Gasteiger partial charge in [0.2, 0.25) is 5.91 Å². The van der Waals surface area contributed by atoms with E-state index in [9.17, 15) is 9.59 Å². The Morgan fingerprint density at radius 1 is 1.04 bits per heavy atom. The molecule has 0 aromatic heterocycles. The van der Waals surface area contributed by atoms with E-state index in [4.69, 9.17) is 16.2 Å². The number of hydrogen-bond acceptors (Lipinski definition) is 4. The second kappa shape index (κ2) is 9.55. The van der Waals surface area contributed by atoms with E-state index < -0.39 is 5.97 Å². The number of aliphatic imine (C=N–C) groups is 1. The van der Waals surface area contributed by atoms with Gasteiger partial charge in [0.15, 0.2) is 5.96 Å². The van der Waals surface area contributed by atoms with Crippen molar-refractivity contribution in [3.05, 3.63) is 59.7 Å². The predicted octanol–water partition coefficient (Wildman–Crippen LogP) is 2.83. The van der Waals surface area contributed by atoms with Crippen LogP contribution in [0.4, 0.5) is 5.69 Å². The van der Waals surface area contributed by atoms with Gasteiger partial charge in [0, 0.05) is 6.04 Å². The molecule has 2 aromatic carbocycles. The van der Waals surface area contributed by atoms with Crippen LogP contribution in [-0.4, -0.2) is 23.9 Å². The molecule has 0 heterocycles. The standard InChI is InChI=1S/C21H26N4O3/c1-4-13(2)24-19(26)14(3)15-7-11-18(12-8-15)28-20(27)16-5-9-17(10-6-16)25-21(22)23/h5-14H,4H2,1-3H3,(H,24,26)(H4,22,23,25). The second-order valence-electron chi connectivity index (χ2n) is 6.58. The Kier molecular flexibility index (Phi) is 7.14. The first-order valence-electron chi connectivity index (χ1n) is 9.12. The van der Waals surface area contributed by atoms with Crippen molar-refractivity contribution in [3.63, 3.8) is 0 Å². The maximum Gasteiger partial charge on any atom is 0.343 e. The summed E-state index contributed by atoms with van der Waals surface area (Å²) in [5, 5.41) is 2.96. The second-order valence-corrected chi connectivity index (χ2v) is 6.58. The Bertz CT molecular complexity index is 841. The summed E-state index contributed by atoms with van der Waals surface area (Å²) in [6, 6.07) is 13.5. The number of ether oxygens (including phenoxy) is 1. The zero-order valence-electron chi connectivity index (χ0n) is 16.3. The van der Waals surface area contributed by atoms with Gasteiger partial charge in [0.05, 0.1) is 17.2 Å². The highest BCUT2D eigenvalue weighted by atomic mass is 16.5. The smallest absolute Gasteiger partial charge is 0.343 e. The third kappa shape index (κ3) is 5.84. The first-order chi connectivity index (χ1) is 13.3. The number of rotatable bonds is 7. The number of esters is 1. The van der Waals surface area contributed by atoms with Crippen molar-refractivity contribution in [2.24, 2.45) is 16.5 Å². The number of carbonyl (C=O) groups excluding carboxylic acids is 2. The van der Waals surface area contributed by atoms with Crippen LogP contribution >= 0.6 is 0 Å². The average molecular weight is 382 g/mol. The Morgan fingerprint density at radius 2 is 1.64 bits per heavy atom. The molecule has 0 fully saturated rings. The molecule has 5 N–H and O–H groups in total. The van der Waals surface area contributed by atoms with E-state index in [1.807, 2.05) is 20.8 Å². The lowest BCUT2D eigenvalue weighted by molar-refractivity contribution is -0.122. The maximum absolute atomic E-state index is 12.3. The summed E-state index contributed by atoms with van der Waals surface area (Å²) >= 11 is 0. The summed E-state index contributed by atoms with van der Waals surface area (Å²) in [7, 11) is 0. The predicted molar refractivity (Wildman–Crippen MR) is 110 cm³/mol. The molecule has 0 bridgehead atoms. The molecule has 2 rings (SSSR count). The van der Waals surface area contributed by atoms with Gasteiger partial charge in [-0.25, -0.2) is 9.79 Å². The molecule has 148 valence electrons. The molecule has 0 spiro atoms. The van der Waals surface area contributed by atoms with Crippen LogP contribution in [0.2, 0.25) is 0 Å². The lowest BCUT2D eigenvalue weighted by Gasteiger charge is -2.16. The van der Waals surface area contributed by atoms with Crippen LogP contribution in [0.1, 0.15) is 49.0 Å². The van der Waals surface area contributed by atoms with Crippen molar-refractivity contribution in [1.29, 1.82) is 0 Å². The summed E-state index contributed by atoms with van der Waals surface area (Å²) in [6.45, 7) is 5.83. The van der Waals surface area contributed by atoms with E-state index >= 15 is 0 Å². The highest BCUT2D eigenvalue weighted by molar-refractivity contribution is 5.91. The number of amides is 1. The van der Waals surface area contributed by atoms with Crippen molar-refractivity contribution < 1.29 is 14.3 Å². The monoisotopic (exact) mass is 382 g/mol. The van der Waals surface area contributed by atoms with Crippen LogP contribution in [0, 0.1) is 0 Å². The summed E-state index contributed by atoms with van der Waals surface area (Å²) < 4.78 is 5.37. The van der Waals surface area contributed by atoms with Crippen LogP contribution in [0.5, 0.6) is 5.75 Å². The Balaban J connectivity index is 2.00.